The summed E-state index contributed by atoms with van der Waals surface area (Å²) in [6.45, 7) is -0.0900. The number of anilines is 1. The van der Waals surface area contributed by atoms with Crippen LogP contribution < -0.4 is 21.1 Å². The SMILES string of the molecule is CNC(=O)CNC(=O)c1cccc(N)c1OC. The Labute approximate surface area is 99.1 Å². The Morgan fingerprint density at radius 2 is 2.12 bits per heavy atom. The Hall–Kier alpha value is -2.24. The fourth-order valence-corrected chi connectivity index (χ4v) is 1.31. The number of nitrogen functional groups attached to an aromatic ring is 1. The molecule has 0 atom stereocenters. The average molecular weight is 237 g/mol. The first-order valence-corrected chi connectivity index (χ1v) is 5.01. The van der Waals surface area contributed by atoms with E-state index in [-0.39, 0.29) is 12.5 Å². The number of amides is 2. The van der Waals surface area contributed by atoms with E-state index in [2.05, 4.69) is 10.6 Å². The monoisotopic (exact) mass is 237 g/mol. The fourth-order valence-electron chi connectivity index (χ4n) is 1.31. The minimum absolute atomic E-state index is 0.0900. The van der Waals surface area contributed by atoms with Gasteiger partial charge in [0.25, 0.3) is 5.91 Å². The first kappa shape index (κ1) is 12.8. The van der Waals surface area contributed by atoms with Crippen LogP contribution in [0.5, 0.6) is 5.75 Å². The molecular formula is C11H15N3O3. The molecule has 2 amide bonds. The number of carbonyl (C=O) groups is 2. The summed E-state index contributed by atoms with van der Waals surface area (Å²) < 4.78 is 5.04. The quantitative estimate of drug-likeness (QED) is 0.630. The van der Waals surface area contributed by atoms with Crippen molar-refractivity contribution in [2.24, 2.45) is 0 Å². The van der Waals surface area contributed by atoms with Gasteiger partial charge in [-0.25, -0.2) is 0 Å². The van der Waals surface area contributed by atoms with Crippen LogP contribution in [0.1, 0.15) is 10.4 Å². The molecule has 0 heterocycles. The third-order valence-corrected chi connectivity index (χ3v) is 2.18. The standard InChI is InChI=1S/C11H15N3O3/c1-13-9(15)6-14-11(16)7-4-3-5-8(12)10(7)17-2/h3-5H,6,12H2,1-2H3,(H,13,15)(H,14,16). The third kappa shape index (κ3) is 3.10. The Morgan fingerprint density at radius 3 is 2.71 bits per heavy atom. The lowest BCUT2D eigenvalue weighted by Crippen LogP contribution is -2.35. The predicted molar refractivity (Wildman–Crippen MR) is 63.8 cm³/mol. The number of carbonyl (C=O) groups excluding carboxylic acids is 2. The first-order chi connectivity index (χ1) is 8.10. The lowest BCUT2D eigenvalue weighted by molar-refractivity contribution is -0.119. The number of hydrogen-bond acceptors (Lipinski definition) is 4. The molecule has 17 heavy (non-hydrogen) atoms. The van der Waals surface area contributed by atoms with Crippen LogP contribution >= 0.6 is 0 Å². The highest BCUT2D eigenvalue weighted by atomic mass is 16.5. The highest BCUT2D eigenvalue weighted by Crippen LogP contribution is 2.25. The van der Waals surface area contributed by atoms with Crippen LogP contribution in [0.3, 0.4) is 0 Å². The van der Waals surface area contributed by atoms with E-state index in [1.165, 1.54) is 14.2 Å². The van der Waals surface area contributed by atoms with E-state index in [9.17, 15) is 9.59 Å². The summed E-state index contributed by atoms with van der Waals surface area (Å²) in [4.78, 5) is 22.8. The zero-order chi connectivity index (χ0) is 12.8. The number of benzene rings is 1. The third-order valence-electron chi connectivity index (χ3n) is 2.18. The molecule has 0 unspecified atom stereocenters. The van der Waals surface area contributed by atoms with Crippen LogP contribution in [0.2, 0.25) is 0 Å². The Balaban J connectivity index is 2.82. The number of para-hydroxylation sites is 1. The number of hydrogen-bond donors (Lipinski definition) is 3. The number of ether oxygens (including phenoxy) is 1. The number of nitrogens with two attached hydrogens (primary N) is 1. The number of likely N-dealkylation sites (N-methyl/N-ethyl adjacent to an activating group) is 1. The van der Waals surface area contributed by atoms with Gasteiger partial charge < -0.3 is 21.1 Å². The number of nitrogens with one attached hydrogen (secondary N) is 2. The summed E-state index contributed by atoms with van der Waals surface area (Å²) in [6, 6.07) is 4.86. The molecule has 0 aliphatic rings. The van der Waals surface area contributed by atoms with Crippen LogP contribution in [-0.4, -0.2) is 32.5 Å². The van der Waals surface area contributed by atoms with Gasteiger partial charge in [0.05, 0.1) is 24.9 Å². The highest BCUT2D eigenvalue weighted by molar-refractivity contribution is 6.00. The van der Waals surface area contributed by atoms with E-state index in [0.29, 0.717) is 17.0 Å². The second-order valence-electron chi connectivity index (χ2n) is 3.28. The van der Waals surface area contributed by atoms with E-state index in [0.717, 1.165) is 0 Å². The molecule has 0 saturated heterocycles. The van der Waals surface area contributed by atoms with Gasteiger partial charge in [-0.05, 0) is 12.1 Å². The van der Waals surface area contributed by atoms with Crippen molar-refractivity contribution >= 4 is 17.5 Å². The molecule has 1 aromatic rings. The predicted octanol–water partition coefficient (Wildman–Crippen LogP) is -0.247. The van der Waals surface area contributed by atoms with Crippen molar-refractivity contribution < 1.29 is 14.3 Å². The largest absolute Gasteiger partial charge is 0.494 e. The number of methoxy groups -OCH3 is 1. The van der Waals surface area contributed by atoms with E-state index in [1.807, 2.05) is 0 Å². The van der Waals surface area contributed by atoms with E-state index >= 15 is 0 Å². The molecule has 0 bridgehead atoms. The zero-order valence-electron chi connectivity index (χ0n) is 9.74. The fraction of sp³-hybridized carbons (Fsp3) is 0.273. The maximum absolute atomic E-state index is 11.8. The van der Waals surface area contributed by atoms with Gasteiger partial charge in [-0.15, -0.1) is 0 Å². The molecule has 1 aromatic carbocycles. The molecule has 92 valence electrons. The van der Waals surface area contributed by atoms with Crippen molar-refractivity contribution in [3.63, 3.8) is 0 Å². The highest BCUT2D eigenvalue weighted by Gasteiger charge is 2.14. The van der Waals surface area contributed by atoms with Crippen LogP contribution in [-0.2, 0) is 4.79 Å². The molecule has 6 nitrogen and oxygen atoms in total. The van der Waals surface area contributed by atoms with Crippen molar-refractivity contribution in [3.8, 4) is 5.75 Å². The maximum Gasteiger partial charge on any atom is 0.255 e. The molecule has 0 saturated carbocycles. The topological polar surface area (TPSA) is 93.5 Å². The number of rotatable bonds is 4. The van der Waals surface area contributed by atoms with Crippen molar-refractivity contribution in [2.45, 2.75) is 0 Å². The second kappa shape index (κ2) is 5.74. The molecule has 0 spiro atoms. The lowest BCUT2D eigenvalue weighted by atomic mass is 10.1. The summed E-state index contributed by atoms with van der Waals surface area (Å²) in [5.74, 6) is -0.374. The van der Waals surface area contributed by atoms with Gasteiger partial charge in [0.1, 0.15) is 0 Å². The zero-order valence-corrected chi connectivity index (χ0v) is 9.74. The van der Waals surface area contributed by atoms with Crippen molar-refractivity contribution in [2.75, 3.05) is 26.4 Å². The van der Waals surface area contributed by atoms with Crippen molar-refractivity contribution in [1.82, 2.24) is 10.6 Å². The molecule has 0 aromatic heterocycles. The van der Waals surface area contributed by atoms with E-state index in [4.69, 9.17) is 10.5 Å². The normalized spacial score (nSPS) is 9.53. The summed E-state index contributed by atoms with van der Waals surface area (Å²) in [5.41, 5.74) is 6.34. The molecule has 6 heteroatoms. The van der Waals surface area contributed by atoms with Crippen LogP contribution in [0.25, 0.3) is 0 Å². The molecular weight excluding hydrogens is 222 g/mol. The van der Waals surface area contributed by atoms with Crippen LogP contribution in [0, 0.1) is 0 Å². The smallest absolute Gasteiger partial charge is 0.255 e. The van der Waals surface area contributed by atoms with E-state index in [1.54, 1.807) is 18.2 Å². The molecule has 1 rings (SSSR count). The van der Waals surface area contributed by atoms with E-state index < -0.39 is 5.91 Å². The first-order valence-electron chi connectivity index (χ1n) is 5.01. The molecule has 4 N–H and O–H groups in total. The van der Waals surface area contributed by atoms with Crippen LogP contribution in [0.4, 0.5) is 5.69 Å². The summed E-state index contributed by atoms with van der Waals surface area (Å²) in [6.07, 6.45) is 0. The second-order valence-corrected chi connectivity index (χ2v) is 3.28. The summed E-state index contributed by atoms with van der Waals surface area (Å²) in [5, 5.41) is 4.87. The van der Waals surface area contributed by atoms with Gasteiger partial charge in [-0.3, -0.25) is 9.59 Å². The lowest BCUT2D eigenvalue weighted by Gasteiger charge is -2.10. The molecule has 0 aliphatic carbocycles. The van der Waals surface area contributed by atoms with Gasteiger partial charge >= 0.3 is 0 Å². The average Bonchev–Trinajstić information content (AvgIpc) is 2.35. The van der Waals surface area contributed by atoms with Gasteiger partial charge in [-0.1, -0.05) is 6.07 Å². The van der Waals surface area contributed by atoms with Gasteiger partial charge in [-0.2, -0.15) is 0 Å². The van der Waals surface area contributed by atoms with Gasteiger partial charge in [0.2, 0.25) is 5.91 Å². The molecule has 0 aliphatic heterocycles. The Morgan fingerprint density at radius 1 is 1.41 bits per heavy atom. The minimum atomic E-state index is -0.405. The summed E-state index contributed by atoms with van der Waals surface area (Å²) >= 11 is 0. The van der Waals surface area contributed by atoms with Crippen LogP contribution in [0.15, 0.2) is 18.2 Å². The Bertz CT molecular complexity index is 432. The molecule has 0 radical (unpaired) electrons. The minimum Gasteiger partial charge on any atom is -0.494 e. The van der Waals surface area contributed by atoms with Gasteiger partial charge in [0.15, 0.2) is 5.75 Å². The molecule has 0 fully saturated rings. The van der Waals surface area contributed by atoms with Gasteiger partial charge in [0, 0.05) is 7.05 Å². The Kier molecular flexibility index (Phi) is 4.33. The maximum atomic E-state index is 11.8. The van der Waals surface area contributed by atoms with Crippen molar-refractivity contribution in [1.29, 1.82) is 0 Å². The van der Waals surface area contributed by atoms with Crippen molar-refractivity contribution in [3.05, 3.63) is 23.8 Å². The summed E-state index contributed by atoms with van der Waals surface area (Å²) in [7, 11) is 2.93.